The van der Waals surface area contributed by atoms with E-state index < -0.39 is 21.1 Å². The van der Waals surface area contributed by atoms with E-state index in [1.54, 1.807) is 51.6 Å². The number of aromatic amines is 2. The van der Waals surface area contributed by atoms with E-state index in [0.717, 1.165) is 63.8 Å². The van der Waals surface area contributed by atoms with Crippen LogP contribution in [0.3, 0.4) is 0 Å². The molecule has 2 heterocycles. The van der Waals surface area contributed by atoms with Crippen molar-refractivity contribution in [2.45, 2.75) is 346 Å². The maximum Gasteiger partial charge on any atom is 0.328 e. The van der Waals surface area contributed by atoms with Gasteiger partial charge in [-0.25, -0.2) is 18.4 Å². The topological polar surface area (TPSA) is 282 Å². The highest BCUT2D eigenvalue weighted by Gasteiger charge is 2.36. The Kier molecular flexibility index (Phi) is 49.2. The van der Waals surface area contributed by atoms with Crippen molar-refractivity contribution in [2.75, 3.05) is 86.2 Å². The molecular formula is C112H184N10O12S. The molecule has 23 heteroatoms. The number of methoxy groups -OCH3 is 1. The van der Waals surface area contributed by atoms with E-state index in [4.69, 9.17) is 5.14 Å². The lowest BCUT2D eigenvalue weighted by Gasteiger charge is -2.41. The molecule has 0 aliphatic heterocycles. The fraction of sp³-hybridized carbons (Fsp3) is 0.625. The van der Waals surface area contributed by atoms with Gasteiger partial charge in [0, 0.05) is 154 Å². The van der Waals surface area contributed by atoms with Gasteiger partial charge in [-0.1, -0.05) is 228 Å². The number of primary sulfonamides is 1. The van der Waals surface area contributed by atoms with Gasteiger partial charge in [-0.15, -0.1) is 0 Å². The van der Waals surface area contributed by atoms with Crippen LogP contribution in [0.1, 0.15) is 290 Å². The van der Waals surface area contributed by atoms with Crippen molar-refractivity contribution >= 4 is 55.6 Å². The number of aromatic hydroxyl groups is 1. The van der Waals surface area contributed by atoms with Gasteiger partial charge in [-0.3, -0.25) is 72.5 Å². The summed E-state index contributed by atoms with van der Waals surface area (Å²) in [4.78, 5) is 117. The summed E-state index contributed by atoms with van der Waals surface area (Å²) in [7, 11) is -0.411. The number of H-pyrrole nitrogens is 2. The molecule has 135 heavy (non-hydrogen) atoms. The second kappa shape index (κ2) is 53.2. The zero-order valence-electron chi connectivity index (χ0n) is 91.5. The van der Waals surface area contributed by atoms with Gasteiger partial charge < -0.3 is 14.8 Å². The summed E-state index contributed by atoms with van der Waals surface area (Å²) in [5.74, 6) is 1.83. The minimum absolute atomic E-state index is 0.00961. The molecule has 0 aliphatic rings. The molecule has 0 saturated heterocycles. The van der Waals surface area contributed by atoms with Crippen LogP contribution in [0, 0.1) is 39.4 Å². The van der Waals surface area contributed by atoms with Crippen molar-refractivity contribution in [3.63, 3.8) is 0 Å². The van der Waals surface area contributed by atoms with Crippen LogP contribution in [0.2, 0.25) is 0 Å². The lowest BCUT2D eigenvalue weighted by atomic mass is 9.88. The van der Waals surface area contributed by atoms with Gasteiger partial charge in [0.1, 0.15) is 5.75 Å². The molecule has 1 atom stereocenters. The molecule has 5 aromatic carbocycles. The Balaban J connectivity index is 0.000000806. The number of nitrogens with one attached hydrogen (secondary N) is 2. The van der Waals surface area contributed by atoms with Gasteiger partial charge >= 0.3 is 5.69 Å². The molecular weight excluding hydrogens is 1710 g/mol. The van der Waals surface area contributed by atoms with E-state index in [0.29, 0.717) is 81.3 Å². The average molecular weight is 1890 g/mol. The van der Waals surface area contributed by atoms with Crippen molar-refractivity contribution in [3.05, 3.63) is 200 Å². The number of carbonyl (C=O) groups excluding carboxylic acids is 6. The van der Waals surface area contributed by atoms with Crippen LogP contribution in [0.5, 0.6) is 5.75 Å². The third-order valence-corrected chi connectivity index (χ3v) is 24.6. The molecule has 0 amide bonds. The molecule has 0 radical (unpaired) electrons. The largest absolute Gasteiger partial charge is 0.508 e. The normalized spacial score (nSPS) is 13.0. The summed E-state index contributed by atoms with van der Waals surface area (Å²) in [5, 5.41) is 15.7. The fourth-order valence-corrected chi connectivity index (χ4v) is 13.9. The number of phenolic OH excluding ortho intramolecular Hbond substituents is 1. The standard InChI is InChI=1S/C20H30N2O.C19H31NO.C18H30N2O3S.C18H29NO2.C18H29NO.C17H29N3O3.C2H6O/c1-19(2,3)18(23)14-22(20(4,5)6)12-11-15-13-21-17-10-8-7-9-16(15)17;1-15(13-16-11-9-8-10-12-16)20(19(5,6)7)14-17(21)18(2,3)4;1-17(2,3)16(21)13-20(18(4,5)6)12-11-14-7-9-15(10-8-14)24(19,22)23;1-17(2,3)16(21)13-19(18(4,5)6)12-11-14-7-9-15(20)10-8-14;1-17(2,3)16(20)14-19(18(4,5)6)13-12-15-10-8-7-9-11-15;1-12-10-19(15(23)18-14(12)22)8-9-20(17(5,6)7)11-13(21)16(2,3)4;1-3-2/h7-10,13,21H,11-12,14H2,1-6H3;8-12,15H,13-14H2,1-7H3;7-10H,11-13H2,1-6H3,(H2,19,22,23);7-10,20H,11-13H2,1-6H3;7-11H,12-14H2,1-6H3;10H,8-9,11H2,1-7H3,(H,18,22,23);1-2H3/t;15-;;;;;/m.1...../s1. The van der Waals surface area contributed by atoms with Crippen LogP contribution in [-0.2, 0) is 82.2 Å². The zero-order chi connectivity index (χ0) is 105. The van der Waals surface area contributed by atoms with Crippen molar-refractivity contribution in [1.82, 2.24) is 43.9 Å². The molecule has 0 aliphatic carbocycles. The number of Topliss-reactive ketones (excluding diaryl/α,β-unsaturated/α-hetero) is 6. The predicted molar refractivity (Wildman–Crippen MR) is 564 cm³/mol. The maximum atomic E-state index is 12.4. The van der Waals surface area contributed by atoms with E-state index in [-0.39, 0.29) is 93.9 Å². The summed E-state index contributed by atoms with van der Waals surface area (Å²) >= 11 is 0. The second-order valence-electron chi connectivity index (χ2n) is 48.2. The summed E-state index contributed by atoms with van der Waals surface area (Å²) in [6.07, 6.45) is 8.16. The molecule has 0 spiro atoms. The van der Waals surface area contributed by atoms with Crippen LogP contribution >= 0.6 is 0 Å². The van der Waals surface area contributed by atoms with Gasteiger partial charge in [0.25, 0.3) is 5.56 Å². The smallest absolute Gasteiger partial charge is 0.328 e. The number of nitrogens with zero attached hydrogens (tertiary/aromatic N) is 7. The van der Waals surface area contributed by atoms with Crippen LogP contribution in [0.25, 0.3) is 10.9 Å². The molecule has 760 valence electrons. The number of benzene rings is 5. The first kappa shape index (κ1) is 125. The number of phenols is 1. The Morgan fingerprint density at radius 2 is 0.681 bits per heavy atom. The van der Waals surface area contributed by atoms with Crippen molar-refractivity contribution in [2.24, 2.45) is 37.6 Å². The van der Waals surface area contributed by atoms with Crippen LogP contribution in [-0.4, -0.2) is 218 Å². The zero-order valence-corrected chi connectivity index (χ0v) is 92.3. The van der Waals surface area contributed by atoms with Gasteiger partial charge in [-0.05, 0) is 229 Å². The first-order valence-electron chi connectivity index (χ1n) is 48.1. The molecule has 7 aromatic rings. The van der Waals surface area contributed by atoms with Gasteiger partial charge in [-0.2, -0.15) is 0 Å². The minimum Gasteiger partial charge on any atom is -0.508 e. The molecule has 0 bridgehead atoms. The fourth-order valence-electron chi connectivity index (χ4n) is 13.4. The number of aryl methyl sites for hydroxylation is 1. The monoisotopic (exact) mass is 1890 g/mol. The number of sulfonamides is 1. The number of fused-ring (bicyclic) bond motifs is 1. The highest BCUT2D eigenvalue weighted by molar-refractivity contribution is 7.89. The number of para-hydroxylation sites is 1. The molecule has 5 N–H and O–H groups in total. The average Bonchev–Trinajstić information content (AvgIpc) is 1.72. The molecule has 0 fully saturated rings. The number of rotatable bonds is 31. The van der Waals surface area contributed by atoms with Gasteiger partial charge in [0.15, 0.2) is 34.7 Å². The number of ether oxygens (including phenoxy) is 1. The van der Waals surface area contributed by atoms with Crippen molar-refractivity contribution in [1.29, 1.82) is 0 Å². The van der Waals surface area contributed by atoms with Crippen molar-refractivity contribution < 1.29 is 47.0 Å². The number of nitrogens with two attached hydrogens (primary N) is 1. The van der Waals surface area contributed by atoms with Crippen molar-refractivity contribution in [3.8, 4) is 5.75 Å². The Morgan fingerprint density at radius 3 is 1.00 bits per heavy atom. The maximum absolute atomic E-state index is 12.4. The van der Waals surface area contributed by atoms with Gasteiger partial charge in [0.05, 0.1) is 44.2 Å². The summed E-state index contributed by atoms with van der Waals surface area (Å²) in [5.41, 5.74) is 4.76. The molecule has 22 nitrogen and oxygen atoms in total. The molecule has 7 rings (SSSR count). The highest BCUT2D eigenvalue weighted by atomic mass is 32.2. The Bertz CT molecular complexity index is 4990. The number of hydrogen-bond donors (Lipinski definition) is 4. The quantitative estimate of drug-likeness (QED) is 0.0314. The summed E-state index contributed by atoms with van der Waals surface area (Å²) in [6.45, 7) is 84.8. The number of aromatic nitrogens is 3. The first-order chi connectivity index (χ1) is 61.1. The van der Waals surface area contributed by atoms with Crippen LogP contribution in [0.15, 0.2) is 160 Å². The van der Waals surface area contributed by atoms with E-state index in [1.165, 1.54) is 49.9 Å². The third kappa shape index (κ3) is 48.8. The lowest BCUT2D eigenvalue weighted by Crippen LogP contribution is -2.51. The number of ketones is 6. The Labute approximate surface area is 817 Å². The van der Waals surface area contributed by atoms with E-state index >= 15 is 0 Å². The SMILES string of the molecule is CC(C)(C)C(=O)CN(CCc1c[nH]c2ccccc12)C(C)(C)C.CC(C)(C)C(=O)CN(CCc1ccc(O)cc1)C(C)(C)C.CC(C)(C)C(=O)CN(CCc1ccc(S(N)(=O)=O)cc1)C(C)(C)C.CC(C)(C)C(=O)CN(CCc1ccccc1)C(C)(C)C.COC.C[C@H](Cc1ccccc1)N(CC(=O)C(C)(C)C)C(C)(C)C.Cc1cn(CCN(CC(=O)C(C)(C)C)C(C)(C)C)c(=O)[nH]c1=O. The summed E-state index contributed by atoms with van der Waals surface area (Å²) < 4.78 is 28.3. The highest BCUT2D eigenvalue weighted by Crippen LogP contribution is 2.30. The number of carbonyl (C=O) groups is 6. The molecule has 0 saturated carbocycles. The van der Waals surface area contributed by atoms with Crippen LogP contribution in [0.4, 0.5) is 0 Å². The number of hydrogen-bond acceptors (Lipinski definition) is 18. The molecule has 2 aromatic heterocycles. The lowest BCUT2D eigenvalue weighted by molar-refractivity contribution is -0.130. The second-order valence-corrected chi connectivity index (χ2v) is 49.8. The Hall–Kier alpha value is -8.23. The summed E-state index contributed by atoms with van der Waals surface area (Å²) in [6, 6.07) is 43.5. The third-order valence-electron chi connectivity index (χ3n) is 23.7. The van der Waals surface area contributed by atoms with E-state index in [2.05, 4.69) is 228 Å². The Morgan fingerprint density at radius 1 is 0.393 bits per heavy atom. The molecule has 0 unspecified atom stereocenters. The van der Waals surface area contributed by atoms with E-state index in [1.807, 2.05) is 176 Å². The van der Waals surface area contributed by atoms with E-state index in [9.17, 15) is 51.9 Å². The first-order valence-corrected chi connectivity index (χ1v) is 49.7. The predicted octanol–water partition coefficient (Wildman–Crippen LogP) is 20.8. The van der Waals surface area contributed by atoms with Gasteiger partial charge in [0.2, 0.25) is 10.0 Å². The minimum atomic E-state index is -3.66. The van der Waals surface area contributed by atoms with Crippen LogP contribution < -0.4 is 16.4 Å².